The molecule has 0 unspecified atom stereocenters. The van der Waals surface area contributed by atoms with Crippen LogP contribution in [0.1, 0.15) is 31.9 Å². The summed E-state index contributed by atoms with van der Waals surface area (Å²) in [4.78, 5) is 27.1. The van der Waals surface area contributed by atoms with E-state index < -0.39 is 6.04 Å². The fourth-order valence-corrected chi connectivity index (χ4v) is 3.78. The second-order valence-corrected chi connectivity index (χ2v) is 8.75. The first-order valence-electron chi connectivity index (χ1n) is 10.3. The largest absolute Gasteiger partial charge is 0.497 e. The van der Waals surface area contributed by atoms with Crippen LogP contribution >= 0.6 is 11.8 Å². The maximum atomic E-state index is 14.2. The summed E-state index contributed by atoms with van der Waals surface area (Å²) in [6, 6.07) is 13.3. The van der Waals surface area contributed by atoms with Crippen molar-refractivity contribution in [2.24, 2.45) is 5.92 Å². The molecule has 31 heavy (non-hydrogen) atoms. The Kier molecular flexibility index (Phi) is 9.85. The number of carbonyl (C=O) groups is 2. The molecule has 0 aliphatic carbocycles. The lowest BCUT2D eigenvalue weighted by Gasteiger charge is -2.29. The summed E-state index contributed by atoms with van der Waals surface area (Å²) in [5.41, 5.74) is 1.46. The first-order valence-corrected chi connectivity index (χ1v) is 11.5. The van der Waals surface area contributed by atoms with Gasteiger partial charge in [0, 0.05) is 24.4 Å². The molecule has 1 N–H and O–H groups in total. The Hall–Kier alpha value is -2.54. The van der Waals surface area contributed by atoms with Crippen LogP contribution in [0.3, 0.4) is 0 Å². The van der Waals surface area contributed by atoms with Crippen LogP contribution in [0.25, 0.3) is 0 Å². The number of ether oxygens (including phenoxy) is 1. The van der Waals surface area contributed by atoms with Crippen molar-refractivity contribution in [3.05, 3.63) is 65.5 Å². The molecule has 0 spiro atoms. The SMILES string of the molecule is COc1ccc(CSCC(=O)N(Cc2ccccc2F)[C@@H](C)C(=O)NCC(C)C)cc1. The Morgan fingerprint density at radius 1 is 1.10 bits per heavy atom. The molecule has 5 nitrogen and oxygen atoms in total. The highest BCUT2D eigenvalue weighted by molar-refractivity contribution is 7.99. The quantitative estimate of drug-likeness (QED) is 0.560. The number of rotatable bonds is 11. The summed E-state index contributed by atoms with van der Waals surface area (Å²) in [6.07, 6.45) is 0. The topological polar surface area (TPSA) is 58.6 Å². The van der Waals surface area contributed by atoms with E-state index in [4.69, 9.17) is 4.74 Å². The fourth-order valence-electron chi connectivity index (χ4n) is 2.91. The van der Waals surface area contributed by atoms with Gasteiger partial charge in [-0.3, -0.25) is 9.59 Å². The molecule has 0 aliphatic heterocycles. The molecule has 2 amide bonds. The van der Waals surface area contributed by atoms with Crippen molar-refractivity contribution in [1.82, 2.24) is 10.2 Å². The molecule has 0 heterocycles. The number of hydrogen-bond acceptors (Lipinski definition) is 4. The van der Waals surface area contributed by atoms with Gasteiger partial charge in [-0.15, -0.1) is 11.8 Å². The molecule has 7 heteroatoms. The molecule has 2 rings (SSSR count). The highest BCUT2D eigenvalue weighted by Gasteiger charge is 2.26. The summed E-state index contributed by atoms with van der Waals surface area (Å²) >= 11 is 1.46. The zero-order valence-electron chi connectivity index (χ0n) is 18.6. The molecule has 0 fully saturated rings. The van der Waals surface area contributed by atoms with E-state index in [0.717, 1.165) is 11.3 Å². The number of nitrogens with one attached hydrogen (secondary N) is 1. The lowest BCUT2D eigenvalue weighted by Crippen LogP contribution is -2.48. The third-order valence-electron chi connectivity index (χ3n) is 4.80. The van der Waals surface area contributed by atoms with Gasteiger partial charge in [0.15, 0.2) is 0 Å². The molecular weight excluding hydrogens is 415 g/mol. The van der Waals surface area contributed by atoms with E-state index >= 15 is 0 Å². The minimum atomic E-state index is -0.701. The zero-order valence-corrected chi connectivity index (χ0v) is 19.4. The first kappa shape index (κ1) is 24.7. The van der Waals surface area contributed by atoms with Gasteiger partial charge in [0.2, 0.25) is 11.8 Å². The molecule has 0 aromatic heterocycles. The molecule has 0 bridgehead atoms. The zero-order chi connectivity index (χ0) is 22.8. The van der Waals surface area contributed by atoms with Crippen molar-refractivity contribution < 1.29 is 18.7 Å². The summed E-state index contributed by atoms with van der Waals surface area (Å²) in [5.74, 6) is 1.10. The highest BCUT2D eigenvalue weighted by atomic mass is 32.2. The Labute approximate surface area is 188 Å². The van der Waals surface area contributed by atoms with Gasteiger partial charge >= 0.3 is 0 Å². The van der Waals surface area contributed by atoms with Crippen LogP contribution in [-0.4, -0.2) is 42.2 Å². The predicted molar refractivity (Wildman–Crippen MR) is 123 cm³/mol. The van der Waals surface area contributed by atoms with Crippen LogP contribution < -0.4 is 10.1 Å². The normalized spacial score (nSPS) is 11.8. The summed E-state index contributed by atoms with van der Waals surface area (Å²) in [7, 11) is 1.62. The van der Waals surface area contributed by atoms with Crippen molar-refractivity contribution >= 4 is 23.6 Å². The van der Waals surface area contributed by atoms with E-state index in [1.165, 1.54) is 22.7 Å². The summed E-state index contributed by atoms with van der Waals surface area (Å²) in [6.45, 7) is 6.26. The maximum Gasteiger partial charge on any atom is 0.242 e. The van der Waals surface area contributed by atoms with Gasteiger partial charge in [0.05, 0.1) is 12.9 Å². The molecule has 1 atom stereocenters. The lowest BCUT2D eigenvalue weighted by atomic mass is 10.1. The molecule has 0 aliphatic rings. The van der Waals surface area contributed by atoms with Gasteiger partial charge < -0.3 is 15.0 Å². The number of benzene rings is 2. The van der Waals surface area contributed by atoms with Crippen molar-refractivity contribution in [1.29, 1.82) is 0 Å². The van der Waals surface area contributed by atoms with Crippen LogP contribution in [0.15, 0.2) is 48.5 Å². The van der Waals surface area contributed by atoms with Gasteiger partial charge in [-0.2, -0.15) is 0 Å². The standard InChI is InChI=1S/C24H31FN2O3S/c1-17(2)13-26-24(29)18(3)27(14-20-7-5-6-8-22(20)25)23(28)16-31-15-19-9-11-21(30-4)12-10-19/h5-12,17-18H,13-16H2,1-4H3,(H,26,29)/t18-/m0/s1. The van der Waals surface area contributed by atoms with Crippen LogP contribution in [-0.2, 0) is 21.9 Å². The van der Waals surface area contributed by atoms with E-state index in [9.17, 15) is 14.0 Å². The first-order chi connectivity index (χ1) is 14.8. The van der Waals surface area contributed by atoms with Crippen LogP contribution in [0.4, 0.5) is 4.39 Å². The predicted octanol–water partition coefficient (Wildman–Crippen LogP) is 4.26. The minimum absolute atomic E-state index is 0.0465. The third-order valence-corrected chi connectivity index (χ3v) is 5.79. The Bertz CT molecular complexity index is 858. The van der Waals surface area contributed by atoms with Gasteiger partial charge in [0.1, 0.15) is 17.6 Å². The fraction of sp³-hybridized carbons (Fsp3) is 0.417. The number of hydrogen-bond donors (Lipinski definition) is 1. The monoisotopic (exact) mass is 446 g/mol. The van der Waals surface area contributed by atoms with Crippen molar-refractivity contribution in [3.8, 4) is 5.75 Å². The minimum Gasteiger partial charge on any atom is -0.497 e. The van der Waals surface area contributed by atoms with E-state index in [-0.39, 0.29) is 29.9 Å². The number of methoxy groups -OCH3 is 1. The molecular formula is C24H31FN2O3S. The second-order valence-electron chi connectivity index (χ2n) is 7.77. The molecule has 2 aromatic rings. The van der Waals surface area contributed by atoms with Gasteiger partial charge in [-0.25, -0.2) is 4.39 Å². The second kappa shape index (κ2) is 12.3. The number of thioether (sulfide) groups is 1. The van der Waals surface area contributed by atoms with E-state index in [2.05, 4.69) is 5.32 Å². The molecule has 0 saturated heterocycles. The van der Waals surface area contributed by atoms with E-state index in [0.29, 0.717) is 23.8 Å². The number of carbonyl (C=O) groups excluding carboxylic acids is 2. The highest BCUT2D eigenvalue weighted by Crippen LogP contribution is 2.19. The maximum absolute atomic E-state index is 14.2. The Morgan fingerprint density at radius 3 is 2.39 bits per heavy atom. The Morgan fingerprint density at radius 2 is 1.77 bits per heavy atom. The number of amides is 2. The molecule has 0 radical (unpaired) electrons. The summed E-state index contributed by atoms with van der Waals surface area (Å²) in [5, 5.41) is 2.87. The number of nitrogens with zero attached hydrogens (tertiary/aromatic N) is 1. The molecule has 0 saturated carbocycles. The molecule has 2 aromatic carbocycles. The molecule has 168 valence electrons. The third kappa shape index (κ3) is 7.90. The smallest absolute Gasteiger partial charge is 0.242 e. The number of halogens is 1. The summed E-state index contributed by atoms with van der Waals surface area (Å²) < 4.78 is 19.4. The van der Waals surface area contributed by atoms with Crippen molar-refractivity contribution in [3.63, 3.8) is 0 Å². The van der Waals surface area contributed by atoms with Crippen LogP contribution in [0, 0.1) is 11.7 Å². The van der Waals surface area contributed by atoms with Crippen molar-refractivity contribution in [2.45, 2.75) is 39.1 Å². The lowest BCUT2D eigenvalue weighted by molar-refractivity contribution is -0.138. The average molecular weight is 447 g/mol. The van der Waals surface area contributed by atoms with Gasteiger partial charge in [0.25, 0.3) is 0 Å². The van der Waals surface area contributed by atoms with Crippen LogP contribution in [0.2, 0.25) is 0 Å². The van der Waals surface area contributed by atoms with Crippen molar-refractivity contribution in [2.75, 3.05) is 19.4 Å². The van der Waals surface area contributed by atoms with Gasteiger partial charge in [-0.05, 0) is 36.6 Å². The Balaban J connectivity index is 2.05. The van der Waals surface area contributed by atoms with Crippen LogP contribution in [0.5, 0.6) is 5.75 Å². The average Bonchev–Trinajstić information content (AvgIpc) is 2.76. The van der Waals surface area contributed by atoms with Gasteiger partial charge in [-0.1, -0.05) is 44.2 Å². The van der Waals surface area contributed by atoms with E-state index in [1.54, 1.807) is 32.2 Å². The van der Waals surface area contributed by atoms with E-state index in [1.807, 2.05) is 38.1 Å².